The van der Waals surface area contributed by atoms with Gasteiger partial charge in [0.2, 0.25) is 0 Å². The molecule has 0 amide bonds. The van der Waals surface area contributed by atoms with Crippen molar-refractivity contribution in [2.75, 3.05) is 0 Å². The van der Waals surface area contributed by atoms with Crippen molar-refractivity contribution >= 4 is 5.97 Å². The van der Waals surface area contributed by atoms with Gasteiger partial charge in [0, 0.05) is 25.7 Å². The fourth-order valence-corrected chi connectivity index (χ4v) is 0.996. The number of nitrogens with zero attached hydrogens (tertiary/aromatic N) is 1. The standard InChI is InChI=1S/C9H11NO3/c1-10-5-4-7(6-8(10)11)2-3-9(12)13/h4-6H,2-3H2,1H3,(H,12,13). The summed E-state index contributed by atoms with van der Waals surface area (Å²) in [5.74, 6) is -0.847. The first-order valence-corrected chi connectivity index (χ1v) is 3.97. The molecule has 0 aliphatic carbocycles. The molecule has 1 rings (SSSR count). The molecule has 0 radical (unpaired) electrons. The van der Waals surface area contributed by atoms with E-state index in [1.54, 1.807) is 19.3 Å². The molecule has 0 aliphatic rings. The van der Waals surface area contributed by atoms with Gasteiger partial charge in [0.15, 0.2) is 0 Å². The lowest BCUT2D eigenvalue weighted by atomic mass is 10.1. The van der Waals surface area contributed by atoms with E-state index in [9.17, 15) is 9.59 Å². The van der Waals surface area contributed by atoms with Gasteiger partial charge in [-0.15, -0.1) is 0 Å². The van der Waals surface area contributed by atoms with E-state index in [2.05, 4.69) is 0 Å². The van der Waals surface area contributed by atoms with Gasteiger partial charge in [-0.2, -0.15) is 0 Å². The number of carboxylic acids is 1. The van der Waals surface area contributed by atoms with Crippen LogP contribution >= 0.6 is 0 Å². The summed E-state index contributed by atoms with van der Waals surface area (Å²) in [5.41, 5.74) is 0.661. The van der Waals surface area contributed by atoms with E-state index in [0.29, 0.717) is 6.42 Å². The fourth-order valence-electron chi connectivity index (χ4n) is 0.996. The maximum Gasteiger partial charge on any atom is 0.303 e. The van der Waals surface area contributed by atoms with E-state index < -0.39 is 5.97 Å². The highest BCUT2D eigenvalue weighted by atomic mass is 16.4. The highest BCUT2D eigenvalue weighted by Gasteiger charge is 1.99. The van der Waals surface area contributed by atoms with Gasteiger partial charge in [-0.1, -0.05) is 0 Å². The van der Waals surface area contributed by atoms with Gasteiger partial charge in [-0.25, -0.2) is 0 Å². The minimum Gasteiger partial charge on any atom is -0.481 e. The molecule has 0 fully saturated rings. The summed E-state index contributed by atoms with van der Waals surface area (Å²) in [5, 5.41) is 8.42. The summed E-state index contributed by atoms with van der Waals surface area (Å²) in [6.07, 6.45) is 2.11. The second kappa shape index (κ2) is 3.89. The van der Waals surface area contributed by atoms with Gasteiger partial charge < -0.3 is 9.67 Å². The highest BCUT2D eigenvalue weighted by molar-refractivity contribution is 5.67. The molecular formula is C9H11NO3. The Morgan fingerprint density at radius 2 is 2.31 bits per heavy atom. The van der Waals surface area contributed by atoms with Crippen molar-refractivity contribution in [2.24, 2.45) is 7.05 Å². The fraction of sp³-hybridized carbons (Fsp3) is 0.333. The Morgan fingerprint density at radius 3 is 2.85 bits per heavy atom. The predicted octanol–water partition coefficient (Wildman–Crippen LogP) is 0.403. The lowest BCUT2D eigenvalue weighted by molar-refractivity contribution is -0.136. The van der Waals surface area contributed by atoms with Gasteiger partial charge in [-0.3, -0.25) is 9.59 Å². The first-order valence-electron chi connectivity index (χ1n) is 3.97. The number of pyridine rings is 1. The van der Waals surface area contributed by atoms with Gasteiger partial charge in [0.1, 0.15) is 0 Å². The van der Waals surface area contributed by atoms with Crippen LogP contribution in [0.3, 0.4) is 0 Å². The molecule has 0 saturated heterocycles. The average Bonchev–Trinajstić information content (AvgIpc) is 2.07. The number of hydrogen-bond donors (Lipinski definition) is 1. The van der Waals surface area contributed by atoms with Crippen LogP contribution in [0.2, 0.25) is 0 Å². The molecule has 0 unspecified atom stereocenters. The lowest BCUT2D eigenvalue weighted by Crippen LogP contribution is -2.15. The van der Waals surface area contributed by atoms with Crippen LogP contribution in [0.4, 0.5) is 0 Å². The number of carbonyl (C=O) groups is 1. The molecule has 4 nitrogen and oxygen atoms in total. The SMILES string of the molecule is Cn1ccc(CCC(=O)O)cc1=O. The zero-order valence-electron chi connectivity index (χ0n) is 7.36. The van der Waals surface area contributed by atoms with Crippen LogP contribution in [0.5, 0.6) is 0 Å². The monoisotopic (exact) mass is 181 g/mol. The summed E-state index contributed by atoms with van der Waals surface area (Å²) >= 11 is 0. The third-order valence-electron chi connectivity index (χ3n) is 1.80. The van der Waals surface area contributed by atoms with Crippen molar-refractivity contribution in [1.29, 1.82) is 0 Å². The van der Waals surface area contributed by atoms with Crippen molar-refractivity contribution < 1.29 is 9.90 Å². The van der Waals surface area contributed by atoms with Gasteiger partial charge in [0.05, 0.1) is 0 Å². The topological polar surface area (TPSA) is 59.3 Å². The van der Waals surface area contributed by atoms with E-state index in [0.717, 1.165) is 5.56 Å². The zero-order chi connectivity index (χ0) is 9.84. The van der Waals surface area contributed by atoms with Crippen molar-refractivity contribution in [3.63, 3.8) is 0 Å². The largest absolute Gasteiger partial charge is 0.481 e. The third kappa shape index (κ3) is 2.74. The Bertz CT molecular complexity index is 367. The normalized spacial score (nSPS) is 9.92. The molecule has 0 aromatic carbocycles. The van der Waals surface area contributed by atoms with Gasteiger partial charge in [0.25, 0.3) is 5.56 Å². The predicted molar refractivity (Wildman–Crippen MR) is 47.6 cm³/mol. The van der Waals surface area contributed by atoms with Crippen molar-refractivity contribution in [3.8, 4) is 0 Å². The van der Waals surface area contributed by atoms with Crippen LogP contribution < -0.4 is 5.56 Å². The zero-order valence-corrected chi connectivity index (χ0v) is 7.36. The first kappa shape index (κ1) is 9.51. The van der Waals surface area contributed by atoms with E-state index in [4.69, 9.17) is 5.11 Å². The molecule has 0 aliphatic heterocycles. The summed E-state index contributed by atoms with van der Waals surface area (Å²) in [6.45, 7) is 0. The second-order valence-electron chi connectivity index (χ2n) is 2.88. The maximum absolute atomic E-state index is 11.1. The molecule has 1 heterocycles. The number of aromatic nitrogens is 1. The van der Waals surface area contributed by atoms with Gasteiger partial charge >= 0.3 is 5.97 Å². The van der Waals surface area contributed by atoms with E-state index >= 15 is 0 Å². The average molecular weight is 181 g/mol. The quantitative estimate of drug-likeness (QED) is 0.734. The molecule has 0 spiro atoms. The maximum atomic E-state index is 11.1. The lowest BCUT2D eigenvalue weighted by Gasteiger charge is -1.99. The van der Waals surface area contributed by atoms with Crippen LogP contribution in [-0.4, -0.2) is 15.6 Å². The molecule has 13 heavy (non-hydrogen) atoms. The Kier molecular flexibility index (Phi) is 2.84. The summed E-state index contributed by atoms with van der Waals surface area (Å²) in [4.78, 5) is 21.3. The molecule has 1 N–H and O–H groups in total. The van der Waals surface area contributed by atoms with Crippen LogP contribution in [-0.2, 0) is 18.3 Å². The minimum atomic E-state index is -0.847. The number of rotatable bonds is 3. The molecule has 1 aromatic rings. The van der Waals surface area contributed by atoms with Crippen LogP contribution in [0.1, 0.15) is 12.0 Å². The van der Waals surface area contributed by atoms with E-state index in [1.165, 1.54) is 10.6 Å². The first-order chi connectivity index (χ1) is 6.09. The molecule has 0 saturated carbocycles. The molecule has 0 bridgehead atoms. The smallest absolute Gasteiger partial charge is 0.303 e. The Balaban J connectivity index is 2.74. The van der Waals surface area contributed by atoms with Crippen molar-refractivity contribution in [3.05, 3.63) is 34.2 Å². The van der Waals surface area contributed by atoms with Gasteiger partial charge in [-0.05, 0) is 18.1 Å². The molecule has 70 valence electrons. The molecule has 1 aromatic heterocycles. The number of aryl methyl sites for hydroxylation is 2. The summed E-state index contributed by atoms with van der Waals surface area (Å²) in [7, 11) is 1.66. The second-order valence-corrected chi connectivity index (χ2v) is 2.88. The van der Waals surface area contributed by atoms with Crippen molar-refractivity contribution in [1.82, 2.24) is 4.57 Å². The van der Waals surface area contributed by atoms with Crippen molar-refractivity contribution in [2.45, 2.75) is 12.8 Å². The Hall–Kier alpha value is -1.58. The highest BCUT2D eigenvalue weighted by Crippen LogP contribution is 1.98. The molecule has 0 atom stereocenters. The third-order valence-corrected chi connectivity index (χ3v) is 1.80. The Morgan fingerprint density at radius 1 is 1.62 bits per heavy atom. The minimum absolute atomic E-state index is 0.0627. The summed E-state index contributed by atoms with van der Waals surface area (Å²) in [6, 6.07) is 3.22. The van der Waals surface area contributed by atoms with E-state index in [-0.39, 0.29) is 12.0 Å². The summed E-state index contributed by atoms with van der Waals surface area (Å²) < 4.78 is 1.45. The number of hydrogen-bond acceptors (Lipinski definition) is 2. The van der Waals surface area contributed by atoms with Crippen LogP contribution in [0, 0.1) is 0 Å². The molecule has 4 heteroatoms. The van der Waals surface area contributed by atoms with Crippen LogP contribution in [0.15, 0.2) is 23.1 Å². The number of aliphatic carboxylic acids is 1. The number of carboxylic acid groups (broad SMARTS) is 1. The Labute approximate surface area is 75.4 Å². The van der Waals surface area contributed by atoms with E-state index in [1.807, 2.05) is 0 Å². The van der Waals surface area contributed by atoms with Crippen LogP contribution in [0.25, 0.3) is 0 Å². The molecular weight excluding hydrogens is 170 g/mol.